The molecule has 3 nitrogen and oxygen atoms in total. The Morgan fingerprint density at radius 3 is 2.45 bits per heavy atom. The van der Waals surface area contributed by atoms with Crippen molar-refractivity contribution in [1.29, 1.82) is 0 Å². The van der Waals surface area contributed by atoms with Gasteiger partial charge in [0.15, 0.2) is 0 Å². The highest BCUT2D eigenvalue weighted by atomic mass is 16.5. The van der Waals surface area contributed by atoms with E-state index in [0.29, 0.717) is 12.3 Å². The number of benzene rings is 2. The molecule has 0 spiro atoms. The standard InChI is InChI=1S/C19H23NO2/c1-4-14(2)15-9-11-17(12-10-15)20-19(21)13-16-7-5-6-8-18(16)22-3/h5-12,14H,4,13H2,1-3H3,(H,20,21)/t14-/m1/s1. The molecule has 2 aromatic carbocycles. The van der Waals surface area contributed by atoms with E-state index in [1.807, 2.05) is 36.4 Å². The molecule has 2 aromatic rings. The van der Waals surface area contributed by atoms with Crippen molar-refractivity contribution in [1.82, 2.24) is 0 Å². The lowest BCUT2D eigenvalue weighted by atomic mass is 9.98. The fraction of sp³-hybridized carbons (Fsp3) is 0.316. The SMILES string of the molecule is CC[C@@H](C)c1ccc(NC(=O)Cc2ccccc2OC)cc1. The third-order valence-corrected chi connectivity index (χ3v) is 3.92. The van der Waals surface area contributed by atoms with Crippen LogP contribution >= 0.6 is 0 Å². The van der Waals surface area contributed by atoms with Gasteiger partial charge in [0.25, 0.3) is 0 Å². The molecule has 0 heterocycles. The van der Waals surface area contributed by atoms with Crippen molar-refractivity contribution in [3.63, 3.8) is 0 Å². The van der Waals surface area contributed by atoms with E-state index in [9.17, 15) is 4.79 Å². The molecule has 116 valence electrons. The second kappa shape index (κ2) is 7.64. The lowest BCUT2D eigenvalue weighted by Crippen LogP contribution is -2.14. The Bertz CT molecular complexity index is 620. The Balaban J connectivity index is 2.00. The quantitative estimate of drug-likeness (QED) is 0.858. The van der Waals surface area contributed by atoms with Crippen molar-refractivity contribution in [3.8, 4) is 5.75 Å². The molecule has 0 aliphatic heterocycles. The van der Waals surface area contributed by atoms with Crippen LogP contribution in [0.3, 0.4) is 0 Å². The van der Waals surface area contributed by atoms with E-state index in [-0.39, 0.29) is 5.91 Å². The minimum Gasteiger partial charge on any atom is -0.496 e. The van der Waals surface area contributed by atoms with Gasteiger partial charge in [-0.15, -0.1) is 0 Å². The number of para-hydroxylation sites is 1. The molecule has 22 heavy (non-hydrogen) atoms. The van der Waals surface area contributed by atoms with Gasteiger partial charge in [-0.25, -0.2) is 0 Å². The topological polar surface area (TPSA) is 38.3 Å². The first kappa shape index (κ1) is 16.1. The Hall–Kier alpha value is -2.29. The van der Waals surface area contributed by atoms with Crippen LogP contribution in [-0.4, -0.2) is 13.0 Å². The molecule has 0 unspecified atom stereocenters. The van der Waals surface area contributed by atoms with Crippen LogP contribution in [0, 0.1) is 0 Å². The largest absolute Gasteiger partial charge is 0.496 e. The Morgan fingerprint density at radius 2 is 1.82 bits per heavy atom. The second-order valence-electron chi connectivity index (χ2n) is 5.47. The van der Waals surface area contributed by atoms with Crippen LogP contribution in [0.25, 0.3) is 0 Å². The number of ether oxygens (including phenoxy) is 1. The summed E-state index contributed by atoms with van der Waals surface area (Å²) in [5.41, 5.74) is 3.01. The van der Waals surface area contributed by atoms with Gasteiger partial charge in [-0.3, -0.25) is 4.79 Å². The van der Waals surface area contributed by atoms with Crippen molar-refractivity contribution in [2.45, 2.75) is 32.6 Å². The zero-order chi connectivity index (χ0) is 15.9. The van der Waals surface area contributed by atoms with E-state index in [2.05, 4.69) is 31.3 Å². The molecular formula is C19H23NO2. The molecule has 0 saturated heterocycles. The summed E-state index contributed by atoms with van der Waals surface area (Å²) in [4.78, 5) is 12.2. The summed E-state index contributed by atoms with van der Waals surface area (Å²) in [6, 6.07) is 15.6. The maximum absolute atomic E-state index is 12.2. The second-order valence-corrected chi connectivity index (χ2v) is 5.47. The lowest BCUT2D eigenvalue weighted by Gasteiger charge is -2.11. The van der Waals surface area contributed by atoms with Crippen LogP contribution in [0.15, 0.2) is 48.5 Å². The highest BCUT2D eigenvalue weighted by molar-refractivity contribution is 5.92. The van der Waals surface area contributed by atoms with Crippen molar-refractivity contribution in [3.05, 3.63) is 59.7 Å². The number of carbonyl (C=O) groups excluding carboxylic acids is 1. The van der Waals surface area contributed by atoms with E-state index in [0.717, 1.165) is 23.4 Å². The molecular weight excluding hydrogens is 274 g/mol. The van der Waals surface area contributed by atoms with Crippen LogP contribution in [0.5, 0.6) is 5.75 Å². The van der Waals surface area contributed by atoms with E-state index in [4.69, 9.17) is 4.74 Å². The summed E-state index contributed by atoms with van der Waals surface area (Å²) < 4.78 is 5.27. The number of amides is 1. The molecule has 3 heteroatoms. The predicted molar refractivity (Wildman–Crippen MR) is 90.5 cm³/mol. The minimum atomic E-state index is -0.0409. The van der Waals surface area contributed by atoms with Crippen molar-refractivity contribution >= 4 is 11.6 Å². The number of hydrogen-bond donors (Lipinski definition) is 1. The summed E-state index contributed by atoms with van der Waals surface area (Å²) in [6.45, 7) is 4.38. The molecule has 0 bridgehead atoms. The molecule has 0 aromatic heterocycles. The van der Waals surface area contributed by atoms with Crippen molar-refractivity contribution < 1.29 is 9.53 Å². The first-order valence-electron chi connectivity index (χ1n) is 7.65. The lowest BCUT2D eigenvalue weighted by molar-refractivity contribution is -0.115. The number of anilines is 1. The number of hydrogen-bond acceptors (Lipinski definition) is 2. The smallest absolute Gasteiger partial charge is 0.228 e. The zero-order valence-electron chi connectivity index (χ0n) is 13.4. The maximum Gasteiger partial charge on any atom is 0.228 e. The molecule has 1 N–H and O–H groups in total. The number of methoxy groups -OCH3 is 1. The summed E-state index contributed by atoms with van der Waals surface area (Å²) in [7, 11) is 1.62. The van der Waals surface area contributed by atoms with Gasteiger partial charge in [0, 0.05) is 11.3 Å². The predicted octanol–water partition coefficient (Wildman–Crippen LogP) is 4.39. The van der Waals surface area contributed by atoms with Gasteiger partial charge in [-0.2, -0.15) is 0 Å². The van der Waals surface area contributed by atoms with Crippen LogP contribution in [0.4, 0.5) is 5.69 Å². The molecule has 1 amide bonds. The fourth-order valence-electron chi connectivity index (χ4n) is 2.36. The van der Waals surface area contributed by atoms with Gasteiger partial charge < -0.3 is 10.1 Å². The average molecular weight is 297 g/mol. The van der Waals surface area contributed by atoms with Gasteiger partial charge >= 0.3 is 0 Å². The molecule has 0 aliphatic rings. The van der Waals surface area contributed by atoms with E-state index in [1.165, 1.54) is 5.56 Å². The molecule has 0 saturated carbocycles. The van der Waals surface area contributed by atoms with Gasteiger partial charge in [0.1, 0.15) is 5.75 Å². The van der Waals surface area contributed by atoms with Crippen molar-refractivity contribution in [2.24, 2.45) is 0 Å². The molecule has 1 atom stereocenters. The van der Waals surface area contributed by atoms with E-state index >= 15 is 0 Å². The van der Waals surface area contributed by atoms with Crippen LogP contribution in [-0.2, 0) is 11.2 Å². The Kier molecular flexibility index (Phi) is 5.59. The fourth-order valence-corrected chi connectivity index (χ4v) is 2.36. The summed E-state index contributed by atoms with van der Waals surface area (Å²) >= 11 is 0. The summed E-state index contributed by atoms with van der Waals surface area (Å²) in [5.74, 6) is 1.24. The minimum absolute atomic E-state index is 0.0409. The maximum atomic E-state index is 12.2. The normalized spacial score (nSPS) is 11.8. The van der Waals surface area contributed by atoms with Gasteiger partial charge in [-0.05, 0) is 36.1 Å². The highest BCUT2D eigenvalue weighted by Crippen LogP contribution is 2.21. The third kappa shape index (κ3) is 4.10. The molecule has 0 aliphatic carbocycles. The highest BCUT2D eigenvalue weighted by Gasteiger charge is 2.09. The first-order valence-corrected chi connectivity index (χ1v) is 7.65. The van der Waals surface area contributed by atoms with E-state index < -0.39 is 0 Å². The van der Waals surface area contributed by atoms with Gasteiger partial charge in [0.05, 0.1) is 13.5 Å². The monoisotopic (exact) mass is 297 g/mol. The van der Waals surface area contributed by atoms with Crippen LogP contribution < -0.4 is 10.1 Å². The van der Waals surface area contributed by atoms with Crippen LogP contribution in [0.2, 0.25) is 0 Å². The molecule has 0 radical (unpaired) electrons. The van der Waals surface area contributed by atoms with Gasteiger partial charge in [0.2, 0.25) is 5.91 Å². The number of nitrogens with one attached hydrogen (secondary N) is 1. The van der Waals surface area contributed by atoms with Gasteiger partial charge in [-0.1, -0.05) is 44.2 Å². The zero-order valence-corrected chi connectivity index (χ0v) is 13.4. The average Bonchev–Trinajstić information content (AvgIpc) is 2.55. The Morgan fingerprint density at radius 1 is 1.14 bits per heavy atom. The number of carbonyl (C=O) groups is 1. The third-order valence-electron chi connectivity index (χ3n) is 3.92. The van der Waals surface area contributed by atoms with E-state index in [1.54, 1.807) is 7.11 Å². The molecule has 0 fully saturated rings. The van der Waals surface area contributed by atoms with Crippen molar-refractivity contribution in [2.75, 3.05) is 12.4 Å². The summed E-state index contributed by atoms with van der Waals surface area (Å²) in [6.07, 6.45) is 1.41. The van der Waals surface area contributed by atoms with Crippen LogP contribution in [0.1, 0.15) is 37.3 Å². The molecule has 2 rings (SSSR count). The summed E-state index contributed by atoms with van der Waals surface area (Å²) in [5, 5.41) is 2.93. The Labute approximate surface area is 132 Å². The first-order chi connectivity index (χ1) is 10.6. The number of rotatable bonds is 6.